The maximum absolute atomic E-state index is 6.03. The third-order valence-electron chi connectivity index (χ3n) is 6.30. The molecule has 1 saturated heterocycles. The first-order valence-electron chi connectivity index (χ1n) is 10.4. The lowest BCUT2D eigenvalue weighted by Gasteiger charge is -2.36. The number of nitrogens with zero attached hydrogens (tertiary/aromatic N) is 2. The molecule has 0 bridgehead atoms. The fourth-order valence-corrected chi connectivity index (χ4v) is 4.42. The van der Waals surface area contributed by atoms with Crippen LogP contribution in [0, 0.1) is 5.92 Å². The topological polar surface area (TPSA) is 6.48 Å². The molecule has 0 radical (unpaired) electrons. The standard InChI is InChI=1S/C24H31ClN2/c1-17(2)19-4-9-23(24-14-18(24)3)20(15-19)16-26-10-12-27(13-11-26)22-7-5-21(25)6-8-22/h4-9,15,17-18,24H,10-14,16H2,1-3H3. The Morgan fingerprint density at radius 3 is 2.26 bits per heavy atom. The fraction of sp³-hybridized carbons (Fsp3) is 0.500. The number of benzene rings is 2. The number of hydrogen-bond acceptors (Lipinski definition) is 2. The van der Waals surface area contributed by atoms with E-state index in [0.29, 0.717) is 5.92 Å². The lowest BCUT2D eigenvalue weighted by molar-refractivity contribution is 0.249. The maximum atomic E-state index is 6.03. The molecule has 2 aromatic rings. The van der Waals surface area contributed by atoms with Crippen molar-refractivity contribution in [3.63, 3.8) is 0 Å². The van der Waals surface area contributed by atoms with Crippen LogP contribution in [0.25, 0.3) is 0 Å². The van der Waals surface area contributed by atoms with Crippen LogP contribution in [0.4, 0.5) is 5.69 Å². The Balaban J connectivity index is 1.44. The molecule has 27 heavy (non-hydrogen) atoms. The molecule has 0 N–H and O–H groups in total. The molecule has 1 saturated carbocycles. The third kappa shape index (κ3) is 4.33. The SMILES string of the molecule is CC(C)c1ccc(C2CC2C)c(CN2CCN(c3ccc(Cl)cc3)CC2)c1. The zero-order valence-corrected chi connectivity index (χ0v) is 17.5. The summed E-state index contributed by atoms with van der Waals surface area (Å²) in [6.07, 6.45) is 1.36. The first-order valence-corrected chi connectivity index (χ1v) is 10.7. The lowest BCUT2D eigenvalue weighted by atomic mass is 9.94. The van der Waals surface area contributed by atoms with Crippen LogP contribution in [-0.2, 0) is 6.54 Å². The van der Waals surface area contributed by atoms with Crippen molar-refractivity contribution in [1.29, 1.82) is 0 Å². The smallest absolute Gasteiger partial charge is 0.0407 e. The Bertz CT molecular complexity index is 775. The molecule has 4 rings (SSSR count). The Labute approximate surface area is 169 Å². The molecule has 144 valence electrons. The fourth-order valence-electron chi connectivity index (χ4n) is 4.30. The van der Waals surface area contributed by atoms with Crippen molar-refractivity contribution >= 4 is 17.3 Å². The van der Waals surface area contributed by atoms with E-state index < -0.39 is 0 Å². The van der Waals surface area contributed by atoms with Crippen LogP contribution in [-0.4, -0.2) is 31.1 Å². The van der Waals surface area contributed by atoms with E-state index in [0.717, 1.165) is 49.6 Å². The molecule has 0 spiro atoms. The molecular weight excluding hydrogens is 352 g/mol. The molecule has 1 aliphatic heterocycles. The number of halogens is 1. The van der Waals surface area contributed by atoms with Crippen LogP contribution >= 0.6 is 11.6 Å². The van der Waals surface area contributed by atoms with Crippen molar-refractivity contribution in [2.75, 3.05) is 31.1 Å². The summed E-state index contributed by atoms with van der Waals surface area (Å²) < 4.78 is 0. The van der Waals surface area contributed by atoms with E-state index >= 15 is 0 Å². The molecule has 0 aromatic heterocycles. The quantitative estimate of drug-likeness (QED) is 0.634. The van der Waals surface area contributed by atoms with Gasteiger partial charge in [0.15, 0.2) is 0 Å². The van der Waals surface area contributed by atoms with Gasteiger partial charge in [-0.2, -0.15) is 0 Å². The van der Waals surface area contributed by atoms with Gasteiger partial charge >= 0.3 is 0 Å². The molecule has 2 unspecified atom stereocenters. The van der Waals surface area contributed by atoms with Crippen molar-refractivity contribution < 1.29 is 0 Å². The van der Waals surface area contributed by atoms with Gasteiger partial charge in [-0.15, -0.1) is 0 Å². The van der Waals surface area contributed by atoms with Crippen molar-refractivity contribution in [2.24, 2.45) is 5.92 Å². The highest BCUT2D eigenvalue weighted by Crippen LogP contribution is 2.48. The predicted molar refractivity (Wildman–Crippen MR) is 116 cm³/mol. The summed E-state index contributed by atoms with van der Waals surface area (Å²) in [5.74, 6) is 2.24. The van der Waals surface area contributed by atoms with Crippen LogP contribution in [0.5, 0.6) is 0 Å². The molecule has 2 aliphatic rings. The second-order valence-electron chi connectivity index (χ2n) is 8.67. The molecule has 2 fully saturated rings. The molecule has 1 heterocycles. The van der Waals surface area contributed by atoms with Crippen molar-refractivity contribution in [3.8, 4) is 0 Å². The molecule has 3 heteroatoms. The van der Waals surface area contributed by atoms with E-state index in [1.165, 1.54) is 17.7 Å². The van der Waals surface area contributed by atoms with Gasteiger partial charge in [-0.25, -0.2) is 0 Å². The highest BCUT2D eigenvalue weighted by atomic mass is 35.5. The van der Waals surface area contributed by atoms with Crippen LogP contribution in [0.15, 0.2) is 42.5 Å². The summed E-state index contributed by atoms with van der Waals surface area (Å²) in [6, 6.07) is 15.5. The molecule has 1 aliphatic carbocycles. The largest absolute Gasteiger partial charge is 0.369 e. The molecule has 2 aromatic carbocycles. The second-order valence-corrected chi connectivity index (χ2v) is 9.11. The minimum absolute atomic E-state index is 0.594. The van der Waals surface area contributed by atoms with E-state index in [-0.39, 0.29) is 0 Å². The van der Waals surface area contributed by atoms with Gasteiger partial charge in [0.25, 0.3) is 0 Å². The van der Waals surface area contributed by atoms with E-state index in [1.807, 2.05) is 12.1 Å². The summed E-state index contributed by atoms with van der Waals surface area (Å²) >= 11 is 6.03. The van der Waals surface area contributed by atoms with Gasteiger partial charge in [0, 0.05) is 43.4 Å². The maximum Gasteiger partial charge on any atom is 0.0407 e. The van der Waals surface area contributed by atoms with E-state index in [2.05, 4.69) is 60.9 Å². The van der Waals surface area contributed by atoms with Crippen LogP contribution in [0.3, 0.4) is 0 Å². The minimum Gasteiger partial charge on any atom is -0.369 e. The van der Waals surface area contributed by atoms with Crippen molar-refractivity contribution in [1.82, 2.24) is 4.90 Å². The van der Waals surface area contributed by atoms with Crippen molar-refractivity contribution in [2.45, 2.75) is 45.6 Å². The average molecular weight is 383 g/mol. The predicted octanol–water partition coefficient (Wildman–Crippen LogP) is 5.91. The normalized spacial score (nSPS) is 23.1. The lowest BCUT2D eigenvalue weighted by Crippen LogP contribution is -2.46. The minimum atomic E-state index is 0.594. The third-order valence-corrected chi connectivity index (χ3v) is 6.55. The van der Waals surface area contributed by atoms with Crippen LogP contribution in [0.2, 0.25) is 5.02 Å². The molecular formula is C24H31ClN2. The van der Waals surface area contributed by atoms with Gasteiger partial charge in [-0.1, -0.05) is 50.6 Å². The number of rotatable bonds is 5. The van der Waals surface area contributed by atoms with Gasteiger partial charge in [0.2, 0.25) is 0 Å². The van der Waals surface area contributed by atoms with Crippen LogP contribution < -0.4 is 4.90 Å². The summed E-state index contributed by atoms with van der Waals surface area (Å²) in [5, 5.41) is 0.809. The highest BCUT2D eigenvalue weighted by molar-refractivity contribution is 6.30. The Morgan fingerprint density at radius 1 is 1.00 bits per heavy atom. The average Bonchev–Trinajstić information content (AvgIpc) is 3.39. The number of piperazine rings is 1. The van der Waals surface area contributed by atoms with E-state index in [9.17, 15) is 0 Å². The summed E-state index contributed by atoms with van der Waals surface area (Å²) in [6.45, 7) is 12.5. The number of anilines is 1. The first kappa shape index (κ1) is 18.8. The van der Waals surface area contributed by atoms with Gasteiger partial charge < -0.3 is 4.90 Å². The monoisotopic (exact) mass is 382 g/mol. The molecule has 2 atom stereocenters. The Hall–Kier alpha value is -1.51. The van der Waals surface area contributed by atoms with Gasteiger partial charge in [-0.3, -0.25) is 4.90 Å². The number of hydrogen-bond donors (Lipinski definition) is 0. The second kappa shape index (κ2) is 7.85. The van der Waals surface area contributed by atoms with Crippen molar-refractivity contribution in [3.05, 3.63) is 64.2 Å². The first-order chi connectivity index (χ1) is 13.0. The van der Waals surface area contributed by atoms with E-state index in [1.54, 1.807) is 11.1 Å². The van der Waals surface area contributed by atoms with Gasteiger partial charge in [0.1, 0.15) is 0 Å². The zero-order valence-electron chi connectivity index (χ0n) is 16.8. The Morgan fingerprint density at radius 2 is 1.67 bits per heavy atom. The molecule has 2 nitrogen and oxygen atoms in total. The summed E-state index contributed by atoms with van der Waals surface area (Å²) in [5.41, 5.74) is 5.93. The molecule has 0 amide bonds. The van der Waals surface area contributed by atoms with Gasteiger partial charge in [0.05, 0.1) is 0 Å². The van der Waals surface area contributed by atoms with E-state index in [4.69, 9.17) is 11.6 Å². The van der Waals surface area contributed by atoms with Gasteiger partial charge in [-0.05, 0) is 65.1 Å². The summed E-state index contributed by atoms with van der Waals surface area (Å²) in [7, 11) is 0. The summed E-state index contributed by atoms with van der Waals surface area (Å²) in [4.78, 5) is 5.10. The highest BCUT2D eigenvalue weighted by Gasteiger charge is 2.35. The zero-order chi connectivity index (χ0) is 19.0. The Kier molecular flexibility index (Phi) is 5.48. The van der Waals surface area contributed by atoms with Crippen LogP contribution in [0.1, 0.15) is 55.7 Å².